The molecule has 0 spiro atoms. The van der Waals surface area contributed by atoms with Crippen LogP contribution in [0, 0.1) is 5.92 Å². The summed E-state index contributed by atoms with van der Waals surface area (Å²) in [5.74, 6) is 4.23. The summed E-state index contributed by atoms with van der Waals surface area (Å²) in [6, 6.07) is 45.0. The third kappa shape index (κ3) is 9.80. The molecule has 10 heteroatoms. The van der Waals surface area contributed by atoms with Gasteiger partial charge in [0, 0.05) is 56.6 Å². The van der Waals surface area contributed by atoms with Crippen LogP contribution in [0.1, 0.15) is 76.1 Å². The lowest BCUT2D eigenvalue weighted by atomic mass is 9.87. The molecule has 0 amide bonds. The summed E-state index contributed by atoms with van der Waals surface area (Å²) in [4.78, 5) is 3.51. The van der Waals surface area contributed by atoms with Gasteiger partial charge in [-0.2, -0.15) is 0 Å². The summed E-state index contributed by atoms with van der Waals surface area (Å²) < 4.78 is 31.5. The van der Waals surface area contributed by atoms with Gasteiger partial charge >= 0.3 is 0 Å². The number of nitrogens with zero attached hydrogens (tertiary/aromatic N) is 4. The predicted molar refractivity (Wildman–Crippen MR) is 264 cm³/mol. The minimum absolute atomic E-state index is 0.0636. The standard InChI is InChI=1S/C57H53N5O5/c1-56(2,3)43-23-19-41(20-24-43)54-61-59-52(66-54)39-15-11-36(12-16-39)33-64-46-29-38(35-63-45-27-28-49-48-9-7-8-10-50(48)58-51(49)32-45)30-47(31-46)65-34-37-13-17-40(18-14-37)53-60-62-55(67-53)42-21-25-44(26-22-42)57(4,5)6/h7-13,15-32,37,58H,14,33-35H2,1-6H3. The van der Waals surface area contributed by atoms with Gasteiger partial charge in [-0.1, -0.05) is 114 Å². The van der Waals surface area contributed by atoms with Crippen molar-refractivity contribution in [2.24, 2.45) is 5.92 Å². The minimum Gasteiger partial charge on any atom is -0.493 e. The SMILES string of the molecule is CC(C)(C)c1ccc(-c2nnc(C3=CCC(COc4cc(COc5ccc6c(c5)[nH]c5ccccc56)cc(OCc5ccc(-c6nnc(-c7ccc(C(C)(C)C)cc7)o6)cc5)c4)C=C3)o2)cc1. The summed E-state index contributed by atoms with van der Waals surface area (Å²) in [5.41, 5.74) is 10.2. The number of allylic oxidation sites excluding steroid dienone is 3. The van der Waals surface area contributed by atoms with Crippen LogP contribution in [-0.2, 0) is 24.0 Å². The molecular formula is C57H53N5O5. The number of hydrogen-bond acceptors (Lipinski definition) is 9. The van der Waals surface area contributed by atoms with Gasteiger partial charge < -0.3 is 28.0 Å². The van der Waals surface area contributed by atoms with Crippen LogP contribution in [0.4, 0.5) is 0 Å². The lowest BCUT2D eigenvalue weighted by Crippen LogP contribution is -2.11. The van der Waals surface area contributed by atoms with Gasteiger partial charge in [-0.05, 0) is 106 Å². The zero-order valence-corrected chi connectivity index (χ0v) is 38.7. The Morgan fingerprint density at radius 3 is 1.67 bits per heavy atom. The van der Waals surface area contributed by atoms with E-state index in [-0.39, 0.29) is 16.7 Å². The second kappa shape index (κ2) is 17.9. The number of para-hydroxylation sites is 1. The van der Waals surface area contributed by atoms with E-state index in [1.165, 1.54) is 16.5 Å². The minimum atomic E-state index is 0.0636. The molecule has 0 radical (unpaired) electrons. The molecule has 0 fully saturated rings. The molecule has 0 aliphatic heterocycles. The average Bonchev–Trinajstić information content (AvgIpc) is 4.12. The molecule has 1 aliphatic rings. The molecule has 10 nitrogen and oxygen atoms in total. The van der Waals surface area contributed by atoms with Gasteiger partial charge in [0.2, 0.25) is 23.6 Å². The van der Waals surface area contributed by atoms with Crippen LogP contribution in [-0.4, -0.2) is 32.0 Å². The third-order valence-corrected chi connectivity index (χ3v) is 12.2. The first-order valence-corrected chi connectivity index (χ1v) is 22.8. The predicted octanol–water partition coefficient (Wildman–Crippen LogP) is 13.9. The molecule has 3 aromatic heterocycles. The summed E-state index contributed by atoms with van der Waals surface area (Å²) in [6.45, 7) is 14.3. The number of fused-ring (bicyclic) bond motifs is 3. The van der Waals surface area contributed by atoms with Crippen LogP contribution >= 0.6 is 0 Å². The van der Waals surface area contributed by atoms with Crippen LogP contribution in [0.3, 0.4) is 0 Å². The van der Waals surface area contributed by atoms with Crippen LogP contribution in [0.2, 0.25) is 0 Å². The number of benzene rings is 6. The summed E-state index contributed by atoms with van der Waals surface area (Å²) >= 11 is 0. The van der Waals surface area contributed by atoms with Crippen molar-refractivity contribution in [2.45, 2.75) is 72.0 Å². The van der Waals surface area contributed by atoms with Crippen molar-refractivity contribution in [3.8, 4) is 51.6 Å². The molecule has 6 aromatic carbocycles. The van der Waals surface area contributed by atoms with Gasteiger partial charge in [0.1, 0.15) is 30.5 Å². The Morgan fingerprint density at radius 1 is 0.522 bits per heavy atom. The number of aromatic nitrogens is 5. The average molecular weight is 888 g/mol. The molecule has 0 saturated carbocycles. The molecule has 1 atom stereocenters. The van der Waals surface area contributed by atoms with Crippen molar-refractivity contribution < 1.29 is 23.0 Å². The normalized spacial score (nSPS) is 14.1. The Balaban J connectivity index is 0.809. The van der Waals surface area contributed by atoms with Gasteiger partial charge in [-0.25, -0.2) is 0 Å². The van der Waals surface area contributed by atoms with Crippen molar-refractivity contribution in [3.05, 3.63) is 180 Å². The molecule has 1 aliphatic carbocycles. The van der Waals surface area contributed by atoms with E-state index in [0.29, 0.717) is 54.9 Å². The van der Waals surface area contributed by atoms with Gasteiger partial charge in [0.25, 0.3) is 0 Å². The first-order valence-electron chi connectivity index (χ1n) is 22.8. The van der Waals surface area contributed by atoms with Crippen LogP contribution in [0.5, 0.6) is 17.2 Å². The van der Waals surface area contributed by atoms with E-state index < -0.39 is 0 Å². The van der Waals surface area contributed by atoms with Gasteiger partial charge in [0.15, 0.2) is 0 Å². The number of ether oxygens (including phenoxy) is 3. The van der Waals surface area contributed by atoms with Crippen molar-refractivity contribution in [1.29, 1.82) is 0 Å². The van der Waals surface area contributed by atoms with E-state index >= 15 is 0 Å². The molecular weight excluding hydrogens is 835 g/mol. The van der Waals surface area contributed by atoms with E-state index in [2.05, 4.69) is 128 Å². The molecule has 1 unspecified atom stereocenters. The number of H-pyrrole nitrogens is 1. The Kier molecular flexibility index (Phi) is 11.6. The topological polar surface area (TPSA) is 121 Å². The Labute approximate surface area is 390 Å². The maximum absolute atomic E-state index is 6.48. The number of rotatable bonds is 13. The largest absolute Gasteiger partial charge is 0.493 e. The van der Waals surface area contributed by atoms with Crippen LogP contribution in [0.15, 0.2) is 161 Å². The summed E-state index contributed by atoms with van der Waals surface area (Å²) in [5, 5.41) is 19.7. The highest BCUT2D eigenvalue weighted by atomic mass is 16.5. The van der Waals surface area contributed by atoms with Gasteiger partial charge in [-0.3, -0.25) is 0 Å². The molecule has 10 rings (SSSR count). The summed E-state index contributed by atoms with van der Waals surface area (Å²) in [7, 11) is 0. The summed E-state index contributed by atoms with van der Waals surface area (Å²) in [6.07, 6.45) is 7.07. The maximum Gasteiger partial charge on any atom is 0.248 e. The quantitative estimate of drug-likeness (QED) is 0.121. The zero-order valence-electron chi connectivity index (χ0n) is 38.7. The Hall–Kier alpha value is -7.72. The van der Waals surface area contributed by atoms with E-state index in [0.717, 1.165) is 62.0 Å². The molecule has 9 aromatic rings. The van der Waals surface area contributed by atoms with E-state index in [9.17, 15) is 0 Å². The smallest absolute Gasteiger partial charge is 0.248 e. The molecule has 0 saturated heterocycles. The first kappa shape index (κ1) is 43.2. The van der Waals surface area contributed by atoms with E-state index in [4.69, 9.17) is 23.0 Å². The second-order valence-corrected chi connectivity index (χ2v) is 19.3. The third-order valence-electron chi connectivity index (χ3n) is 12.2. The van der Waals surface area contributed by atoms with E-state index in [1.54, 1.807) is 0 Å². The Bertz CT molecular complexity index is 3230. The molecule has 336 valence electrons. The molecule has 0 bridgehead atoms. The second-order valence-electron chi connectivity index (χ2n) is 19.3. The fourth-order valence-corrected chi connectivity index (χ4v) is 8.17. The number of nitrogens with one attached hydrogen (secondary N) is 1. The van der Waals surface area contributed by atoms with Crippen molar-refractivity contribution in [2.75, 3.05) is 6.61 Å². The first-order chi connectivity index (χ1) is 32.4. The van der Waals surface area contributed by atoms with Crippen LogP contribution in [0.25, 0.3) is 61.7 Å². The van der Waals surface area contributed by atoms with Crippen molar-refractivity contribution in [1.82, 2.24) is 25.4 Å². The molecule has 1 N–H and O–H groups in total. The Morgan fingerprint density at radius 2 is 1.06 bits per heavy atom. The van der Waals surface area contributed by atoms with Crippen LogP contribution < -0.4 is 14.2 Å². The van der Waals surface area contributed by atoms with Gasteiger partial charge in [0.05, 0.1) is 12.1 Å². The maximum atomic E-state index is 6.48. The molecule has 3 heterocycles. The monoisotopic (exact) mass is 887 g/mol. The fourth-order valence-electron chi connectivity index (χ4n) is 8.17. The van der Waals surface area contributed by atoms with Crippen molar-refractivity contribution >= 4 is 27.4 Å². The van der Waals surface area contributed by atoms with E-state index in [1.807, 2.05) is 91.0 Å². The lowest BCUT2D eigenvalue weighted by Gasteiger charge is -2.18. The highest BCUT2D eigenvalue weighted by molar-refractivity contribution is 6.07. The zero-order chi connectivity index (χ0) is 46.1. The number of hydrogen-bond donors (Lipinski definition) is 1. The highest BCUT2D eigenvalue weighted by Gasteiger charge is 2.19. The highest BCUT2D eigenvalue weighted by Crippen LogP contribution is 2.33. The number of aromatic amines is 1. The fraction of sp³-hybridized carbons (Fsp3) is 0.228. The molecule has 67 heavy (non-hydrogen) atoms. The lowest BCUT2D eigenvalue weighted by molar-refractivity contribution is 0.266. The van der Waals surface area contributed by atoms with Crippen molar-refractivity contribution in [3.63, 3.8) is 0 Å². The van der Waals surface area contributed by atoms with Gasteiger partial charge in [-0.15, -0.1) is 20.4 Å².